The lowest BCUT2D eigenvalue weighted by molar-refractivity contribution is 0.353. The van der Waals surface area contributed by atoms with Crippen molar-refractivity contribution in [3.63, 3.8) is 0 Å². The van der Waals surface area contributed by atoms with E-state index in [2.05, 4.69) is 0 Å². The van der Waals surface area contributed by atoms with Crippen molar-refractivity contribution in [1.29, 1.82) is 0 Å². The fourth-order valence-corrected chi connectivity index (χ4v) is 1.98. The number of hydrogen-bond donors (Lipinski definition) is 0. The van der Waals surface area contributed by atoms with Gasteiger partial charge >= 0.3 is 5.63 Å². The van der Waals surface area contributed by atoms with Gasteiger partial charge in [0, 0.05) is 17.7 Å². The summed E-state index contributed by atoms with van der Waals surface area (Å²) in [5.41, 5.74) is 2.57. The SMILES string of the molecule is Cc1ccc2c(c1)oc1c(C)oc(=[OH+])cc12. The van der Waals surface area contributed by atoms with E-state index in [9.17, 15) is 4.79 Å². The smallest absolute Gasteiger partial charge is 0.450 e. The van der Waals surface area contributed by atoms with E-state index in [1.54, 1.807) is 13.0 Å². The first-order chi connectivity index (χ1) is 7.65. The van der Waals surface area contributed by atoms with Gasteiger partial charge in [-0.25, -0.2) is 0 Å². The van der Waals surface area contributed by atoms with Crippen LogP contribution in [0.25, 0.3) is 21.9 Å². The summed E-state index contributed by atoms with van der Waals surface area (Å²) in [4.78, 5) is 9.44. The molecule has 80 valence electrons. The molecule has 1 aromatic carbocycles. The Bertz CT molecular complexity index is 747. The number of hydrogen-bond acceptors (Lipinski definition) is 2. The summed E-state index contributed by atoms with van der Waals surface area (Å²) in [6.07, 6.45) is 0. The van der Waals surface area contributed by atoms with Crippen molar-refractivity contribution in [2.45, 2.75) is 13.8 Å². The van der Waals surface area contributed by atoms with Crippen molar-refractivity contribution in [1.82, 2.24) is 0 Å². The standard InChI is InChI=1S/C13H10O3/c1-7-3-4-9-10-6-12(14)15-8(2)13(10)16-11(9)5-7/h3-6H,1-2H3/p+1. The van der Waals surface area contributed by atoms with E-state index in [-0.39, 0.29) is 5.63 Å². The van der Waals surface area contributed by atoms with Gasteiger partial charge in [0.05, 0.1) is 6.07 Å². The van der Waals surface area contributed by atoms with Crippen molar-refractivity contribution < 1.29 is 13.6 Å². The average Bonchev–Trinajstić information content (AvgIpc) is 2.56. The van der Waals surface area contributed by atoms with Gasteiger partial charge in [-0.3, -0.25) is 4.42 Å². The molecule has 3 rings (SSSR count). The molecule has 0 aliphatic heterocycles. The Morgan fingerprint density at radius 2 is 1.81 bits per heavy atom. The maximum absolute atomic E-state index is 9.44. The molecule has 0 fully saturated rings. The third kappa shape index (κ3) is 1.18. The van der Waals surface area contributed by atoms with Crippen LogP contribution < -0.4 is 5.63 Å². The van der Waals surface area contributed by atoms with E-state index in [1.807, 2.05) is 25.1 Å². The maximum Gasteiger partial charge on any atom is 0.516 e. The molecular weight excluding hydrogens is 204 g/mol. The number of fused-ring (bicyclic) bond motifs is 3. The van der Waals surface area contributed by atoms with Crippen LogP contribution in [0.2, 0.25) is 0 Å². The third-order valence-electron chi connectivity index (χ3n) is 2.73. The van der Waals surface area contributed by atoms with E-state index in [0.717, 1.165) is 21.9 Å². The third-order valence-corrected chi connectivity index (χ3v) is 2.73. The van der Waals surface area contributed by atoms with Crippen LogP contribution in [0.5, 0.6) is 0 Å². The second-order valence-corrected chi connectivity index (χ2v) is 3.99. The first kappa shape index (κ1) is 9.21. The Labute approximate surface area is 91.3 Å². The molecular formula is C13H11O3+. The summed E-state index contributed by atoms with van der Waals surface area (Å²) in [7, 11) is 0. The first-order valence-electron chi connectivity index (χ1n) is 5.11. The predicted molar refractivity (Wildman–Crippen MR) is 60.5 cm³/mol. The Morgan fingerprint density at radius 1 is 1.00 bits per heavy atom. The molecule has 1 N–H and O–H groups in total. The van der Waals surface area contributed by atoms with Crippen molar-refractivity contribution in [2.24, 2.45) is 0 Å². The predicted octanol–water partition coefficient (Wildman–Crippen LogP) is 2.80. The lowest BCUT2D eigenvalue weighted by Crippen LogP contribution is -1.98. The van der Waals surface area contributed by atoms with E-state index in [4.69, 9.17) is 8.83 Å². The summed E-state index contributed by atoms with van der Waals surface area (Å²) in [5.74, 6) is 0.587. The van der Waals surface area contributed by atoms with Crippen LogP contribution in [0.1, 0.15) is 11.3 Å². The van der Waals surface area contributed by atoms with Gasteiger partial charge in [-0.2, -0.15) is 0 Å². The monoisotopic (exact) mass is 215 g/mol. The lowest BCUT2D eigenvalue weighted by Gasteiger charge is -1.89. The van der Waals surface area contributed by atoms with Gasteiger partial charge in [0.15, 0.2) is 0 Å². The van der Waals surface area contributed by atoms with Crippen LogP contribution in [0.3, 0.4) is 0 Å². The Kier molecular flexibility index (Phi) is 1.72. The highest BCUT2D eigenvalue weighted by Crippen LogP contribution is 2.29. The molecule has 3 aromatic rings. The zero-order valence-electron chi connectivity index (χ0n) is 9.07. The first-order valence-corrected chi connectivity index (χ1v) is 5.11. The summed E-state index contributed by atoms with van der Waals surface area (Å²) in [6, 6.07) is 7.58. The van der Waals surface area contributed by atoms with Crippen LogP contribution in [-0.4, -0.2) is 4.79 Å². The van der Waals surface area contributed by atoms with E-state index >= 15 is 0 Å². The van der Waals surface area contributed by atoms with Crippen LogP contribution in [0.15, 0.2) is 33.1 Å². The molecule has 0 spiro atoms. The van der Waals surface area contributed by atoms with Crippen molar-refractivity contribution in [3.8, 4) is 0 Å². The van der Waals surface area contributed by atoms with Gasteiger partial charge in [0.1, 0.15) is 5.58 Å². The lowest BCUT2D eigenvalue weighted by atomic mass is 10.1. The van der Waals surface area contributed by atoms with Gasteiger partial charge in [-0.05, 0) is 18.6 Å². The number of aryl methyl sites for hydroxylation is 2. The molecule has 0 bridgehead atoms. The fourth-order valence-electron chi connectivity index (χ4n) is 1.98. The highest BCUT2D eigenvalue weighted by molar-refractivity contribution is 6.05. The number of rotatable bonds is 0. The van der Waals surface area contributed by atoms with E-state index < -0.39 is 0 Å². The van der Waals surface area contributed by atoms with Gasteiger partial charge < -0.3 is 9.21 Å². The van der Waals surface area contributed by atoms with Gasteiger partial charge in [0.2, 0.25) is 5.58 Å². The molecule has 0 radical (unpaired) electrons. The number of benzene rings is 1. The Hall–Kier alpha value is -2.03. The topological polar surface area (TPSA) is 47.7 Å². The van der Waals surface area contributed by atoms with Gasteiger partial charge in [-0.15, -0.1) is 0 Å². The van der Waals surface area contributed by atoms with Gasteiger partial charge in [-0.1, -0.05) is 12.1 Å². The molecule has 2 aromatic heterocycles. The minimum absolute atomic E-state index is 0.0896. The molecule has 0 amide bonds. The average molecular weight is 215 g/mol. The van der Waals surface area contributed by atoms with Crippen LogP contribution >= 0.6 is 0 Å². The Morgan fingerprint density at radius 3 is 2.62 bits per heavy atom. The normalized spacial score (nSPS) is 11.4. The minimum Gasteiger partial charge on any atom is -0.450 e. The van der Waals surface area contributed by atoms with E-state index in [1.165, 1.54) is 0 Å². The molecule has 3 nitrogen and oxygen atoms in total. The number of furan rings is 1. The molecule has 0 saturated carbocycles. The molecule has 0 aliphatic carbocycles. The fraction of sp³-hybridized carbons (Fsp3) is 0.154. The van der Waals surface area contributed by atoms with Crippen LogP contribution in [0, 0.1) is 13.8 Å². The summed E-state index contributed by atoms with van der Waals surface area (Å²) < 4.78 is 10.8. The van der Waals surface area contributed by atoms with Crippen LogP contribution in [0.4, 0.5) is 0 Å². The highest BCUT2D eigenvalue weighted by atomic mass is 16.4. The summed E-state index contributed by atoms with van der Waals surface area (Å²) in [6.45, 7) is 3.79. The highest BCUT2D eigenvalue weighted by Gasteiger charge is 2.15. The largest absolute Gasteiger partial charge is 0.516 e. The minimum atomic E-state index is -0.0896. The quantitative estimate of drug-likeness (QED) is 0.541. The molecule has 0 saturated heterocycles. The maximum atomic E-state index is 9.44. The Balaban J connectivity index is 2.61. The van der Waals surface area contributed by atoms with E-state index in [0.29, 0.717) is 11.3 Å². The molecule has 0 aliphatic rings. The second-order valence-electron chi connectivity index (χ2n) is 3.99. The molecule has 16 heavy (non-hydrogen) atoms. The van der Waals surface area contributed by atoms with Crippen molar-refractivity contribution in [2.75, 3.05) is 0 Å². The molecule has 0 unspecified atom stereocenters. The summed E-state index contributed by atoms with van der Waals surface area (Å²) >= 11 is 0. The zero-order chi connectivity index (χ0) is 11.3. The van der Waals surface area contributed by atoms with Crippen LogP contribution in [-0.2, 0) is 0 Å². The second kappa shape index (κ2) is 2.98. The molecule has 0 atom stereocenters. The van der Waals surface area contributed by atoms with Gasteiger partial charge in [0.25, 0.3) is 5.76 Å². The van der Waals surface area contributed by atoms with Crippen molar-refractivity contribution >= 4 is 21.9 Å². The summed E-state index contributed by atoms with van der Waals surface area (Å²) in [5, 5.41) is 1.88. The molecule has 3 heteroatoms. The zero-order valence-corrected chi connectivity index (χ0v) is 9.07. The van der Waals surface area contributed by atoms with Crippen molar-refractivity contribution in [3.05, 3.63) is 41.2 Å². The molecule has 2 heterocycles.